The van der Waals surface area contributed by atoms with Gasteiger partial charge in [-0.1, -0.05) is 23.7 Å². The number of aryl methyl sites for hydroxylation is 2. The van der Waals surface area contributed by atoms with Gasteiger partial charge in [0.05, 0.1) is 10.9 Å². The molecule has 2 aromatic rings. The Bertz CT molecular complexity index is 885. The summed E-state index contributed by atoms with van der Waals surface area (Å²) in [6.07, 6.45) is 2.53. The maximum atomic E-state index is 12.9. The van der Waals surface area contributed by atoms with E-state index in [1.807, 2.05) is 32.0 Å². The molecule has 1 aromatic heterocycles. The molecule has 2 heterocycles. The third-order valence-corrected chi connectivity index (χ3v) is 5.32. The molecule has 1 N–H and O–H groups in total. The van der Waals surface area contributed by atoms with Gasteiger partial charge in [-0.25, -0.2) is 4.98 Å². The number of amides is 2. The summed E-state index contributed by atoms with van der Waals surface area (Å²) in [7, 11) is 0. The quantitative estimate of drug-likeness (QED) is 0.801. The van der Waals surface area contributed by atoms with Gasteiger partial charge in [-0.2, -0.15) is 0 Å². The zero-order valence-corrected chi connectivity index (χ0v) is 17.7. The number of piperidine rings is 1. The minimum Gasteiger partial charge on any atom is -0.479 e. The van der Waals surface area contributed by atoms with Crippen LogP contribution in [0.3, 0.4) is 0 Å². The molecule has 154 valence electrons. The number of hydrogen-bond acceptors (Lipinski definition) is 4. The van der Waals surface area contributed by atoms with Crippen molar-refractivity contribution in [2.45, 2.75) is 39.7 Å². The molecular weight excluding hydrogens is 390 g/mol. The number of halogens is 1. The zero-order chi connectivity index (χ0) is 21.0. The van der Waals surface area contributed by atoms with E-state index in [1.165, 1.54) is 0 Å². The Labute approximate surface area is 176 Å². The number of hydrogen-bond donors (Lipinski definition) is 1. The van der Waals surface area contributed by atoms with Crippen molar-refractivity contribution in [1.29, 1.82) is 0 Å². The van der Waals surface area contributed by atoms with Crippen molar-refractivity contribution in [3.63, 3.8) is 0 Å². The molecule has 0 bridgehead atoms. The highest BCUT2D eigenvalue weighted by atomic mass is 35.5. The Morgan fingerprint density at radius 2 is 2.00 bits per heavy atom. The van der Waals surface area contributed by atoms with E-state index < -0.39 is 6.10 Å². The molecule has 3 rings (SSSR count). The van der Waals surface area contributed by atoms with Crippen LogP contribution in [0.1, 0.15) is 30.9 Å². The van der Waals surface area contributed by atoms with Crippen LogP contribution in [0, 0.1) is 19.8 Å². The van der Waals surface area contributed by atoms with Gasteiger partial charge in [-0.05, 0) is 62.9 Å². The summed E-state index contributed by atoms with van der Waals surface area (Å²) >= 11 is 6.17. The largest absolute Gasteiger partial charge is 0.479 e. The normalized spacial score (nSPS) is 17.5. The van der Waals surface area contributed by atoms with E-state index in [0.717, 1.165) is 24.0 Å². The number of pyridine rings is 1. The van der Waals surface area contributed by atoms with Crippen LogP contribution in [-0.4, -0.2) is 40.9 Å². The monoisotopic (exact) mass is 415 g/mol. The minimum atomic E-state index is -0.685. The maximum Gasteiger partial charge on any atom is 0.263 e. The fourth-order valence-electron chi connectivity index (χ4n) is 3.36. The molecule has 2 amide bonds. The Kier molecular flexibility index (Phi) is 6.75. The molecule has 0 aliphatic carbocycles. The molecule has 1 fully saturated rings. The van der Waals surface area contributed by atoms with Crippen molar-refractivity contribution >= 4 is 29.2 Å². The molecule has 6 nitrogen and oxygen atoms in total. The second kappa shape index (κ2) is 9.27. The lowest BCUT2D eigenvalue weighted by molar-refractivity contribution is -0.140. The number of carbonyl (C=O) groups excluding carboxylic acids is 2. The molecule has 0 spiro atoms. The standard InChI is InChI=1S/C22H26ClN3O3/c1-14-6-8-18(23)19(11-14)29-16(3)22(28)26-10-4-5-17(13-26)21(27)25-20-9-7-15(2)12-24-20/h6-9,11-12,16-17H,4-5,10,13H2,1-3H3,(H,24,25,27). The molecular formula is C22H26ClN3O3. The predicted molar refractivity (Wildman–Crippen MR) is 113 cm³/mol. The summed E-state index contributed by atoms with van der Waals surface area (Å²) in [5.74, 6) is 0.479. The number of aromatic nitrogens is 1. The summed E-state index contributed by atoms with van der Waals surface area (Å²) < 4.78 is 5.81. The van der Waals surface area contributed by atoms with Crippen LogP contribution in [0.2, 0.25) is 5.02 Å². The van der Waals surface area contributed by atoms with E-state index in [1.54, 1.807) is 30.2 Å². The summed E-state index contributed by atoms with van der Waals surface area (Å²) in [4.78, 5) is 31.4. The molecule has 29 heavy (non-hydrogen) atoms. The summed E-state index contributed by atoms with van der Waals surface area (Å²) in [5, 5.41) is 3.31. The van der Waals surface area contributed by atoms with Crippen LogP contribution < -0.4 is 10.1 Å². The van der Waals surface area contributed by atoms with Crippen LogP contribution >= 0.6 is 11.6 Å². The first-order valence-electron chi connectivity index (χ1n) is 9.78. The van der Waals surface area contributed by atoms with Crippen molar-refractivity contribution in [2.24, 2.45) is 5.92 Å². The molecule has 1 aromatic carbocycles. The fourth-order valence-corrected chi connectivity index (χ4v) is 3.52. The number of nitrogens with one attached hydrogen (secondary N) is 1. The van der Waals surface area contributed by atoms with E-state index in [4.69, 9.17) is 16.3 Å². The Hall–Kier alpha value is -2.60. The first-order chi connectivity index (χ1) is 13.8. The summed E-state index contributed by atoms with van der Waals surface area (Å²) in [6.45, 7) is 6.57. The highest BCUT2D eigenvalue weighted by molar-refractivity contribution is 6.32. The summed E-state index contributed by atoms with van der Waals surface area (Å²) in [5.41, 5.74) is 2.03. The number of likely N-dealkylation sites (tertiary alicyclic amines) is 1. The van der Waals surface area contributed by atoms with Gasteiger partial charge in [0.15, 0.2) is 6.10 Å². The average Bonchev–Trinajstić information content (AvgIpc) is 2.72. The van der Waals surface area contributed by atoms with Crippen molar-refractivity contribution in [3.05, 3.63) is 52.7 Å². The highest BCUT2D eigenvalue weighted by Crippen LogP contribution is 2.27. The minimum absolute atomic E-state index is 0.117. The molecule has 1 saturated heterocycles. The number of nitrogens with zero attached hydrogens (tertiary/aromatic N) is 2. The third-order valence-electron chi connectivity index (χ3n) is 5.00. The first-order valence-corrected chi connectivity index (χ1v) is 10.2. The van der Waals surface area contributed by atoms with Gasteiger partial charge < -0.3 is 15.0 Å². The number of ether oxygens (including phenoxy) is 1. The third kappa shape index (κ3) is 5.48. The van der Waals surface area contributed by atoms with Gasteiger partial charge in [0, 0.05) is 19.3 Å². The number of carbonyl (C=O) groups is 2. The summed E-state index contributed by atoms with van der Waals surface area (Å²) in [6, 6.07) is 9.13. The van der Waals surface area contributed by atoms with Crippen LogP contribution in [0.5, 0.6) is 5.75 Å². The van der Waals surface area contributed by atoms with Crippen molar-refractivity contribution in [1.82, 2.24) is 9.88 Å². The molecule has 2 unspecified atom stereocenters. The van der Waals surface area contributed by atoms with E-state index >= 15 is 0 Å². The van der Waals surface area contributed by atoms with Gasteiger partial charge in [0.1, 0.15) is 11.6 Å². The van der Waals surface area contributed by atoms with Crippen LogP contribution in [0.25, 0.3) is 0 Å². The lowest BCUT2D eigenvalue weighted by Gasteiger charge is -2.33. The first kappa shape index (κ1) is 21.1. The lowest BCUT2D eigenvalue weighted by atomic mass is 9.96. The van der Waals surface area contributed by atoms with E-state index in [-0.39, 0.29) is 17.7 Å². The fraction of sp³-hybridized carbons (Fsp3) is 0.409. The zero-order valence-electron chi connectivity index (χ0n) is 16.9. The number of benzene rings is 1. The van der Waals surface area contributed by atoms with Gasteiger partial charge in [0.25, 0.3) is 5.91 Å². The molecule has 2 atom stereocenters. The Morgan fingerprint density at radius 1 is 1.24 bits per heavy atom. The Balaban J connectivity index is 1.60. The van der Waals surface area contributed by atoms with Crippen LogP contribution in [-0.2, 0) is 9.59 Å². The average molecular weight is 416 g/mol. The van der Waals surface area contributed by atoms with Gasteiger partial charge in [-0.3, -0.25) is 9.59 Å². The van der Waals surface area contributed by atoms with Gasteiger partial charge in [0.2, 0.25) is 5.91 Å². The SMILES string of the molecule is Cc1ccc(NC(=O)C2CCCN(C(=O)C(C)Oc3cc(C)ccc3Cl)C2)nc1. The van der Waals surface area contributed by atoms with Crippen LogP contribution in [0.15, 0.2) is 36.5 Å². The molecule has 0 saturated carbocycles. The van der Waals surface area contributed by atoms with Gasteiger partial charge >= 0.3 is 0 Å². The number of anilines is 1. The van der Waals surface area contributed by atoms with E-state index in [2.05, 4.69) is 10.3 Å². The molecule has 0 radical (unpaired) electrons. The predicted octanol–water partition coefficient (Wildman–Crippen LogP) is 4.00. The van der Waals surface area contributed by atoms with E-state index in [0.29, 0.717) is 29.7 Å². The lowest BCUT2D eigenvalue weighted by Crippen LogP contribution is -2.48. The molecule has 1 aliphatic rings. The maximum absolute atomic E-state index is 12.9. The van der Waals surface area contributed by atoms with E-state index in [9.17, 15) is 9.59 Å². The Morgan fingerprint density at radius 3 is 2.72 bits per heavy atom. The second-order valence-corrected chi connectivity index (χ2v) is 7.93. The second-order valence-electron chi connectivity index (χ2n) is 7.53. The topological polar surface area (TPSA) is 71.5 Å². The van der Waals surface area contributed by atoms with Gasteiger partial charge in [-0.15, -0.1) is 0 Å². The van der Waals surface area contributed by atoms with Crippen LogP contribution in [0.4, 0.5) is 5.82 Å². The smallest absolute Gasteiger partial charge is 0.263 e. The van der Waals surface area contributed by atoms with Crippen molar-refractivity contribution < 1.29 is 14.3 Å². The molecule has 1 aliphatic heterocycles. The van der Waals surface area contributed by atoms with Crippen molar-refractivity contribution in [2.75, 3.05) is 18.4 Å². The highest BCUT2D eigenvalue weighted by Gasteiger charge is 2.31. The van der Waals surface area contributed by atoms with Crippen molar-refractivity contribution in [3.8, 4) is 5.75 Å². The number of rotatable bonds is 5. The molecule has 7 heteroatoms.